The molecule has 5 heterocycles. The van der Waals surface area contributed by atoms with Crippen molar-refractivity contribution in [1.82, 2.24) is 29.3 Å². The highest BCUT2D eigenvalue weighted by molar-refractivity contribution is 5.87. The number of hydrogen-bond acceptors (Lipinski definition) is 8. The second-order valence-electron chi connectivity index (χ2n) is 9.27. The van der Waals surface area contributed by atoms with Gasteiger partial charge in [-0.3, -0.25) is 9.36 Å². The molecule has 0 aliphatic carbocycles. The third-order valence-electron chi connectivity index (χ3n) is 7.06. The van der Waals surface area contributed by atoms with Crippen molar-refractivity contribution in [2.45, 2.75) is 25.3 Å². The zero-order chi connectivity index (χ0) is 23.0. The van der Waals surface area contributed by atoms with E-state index in [2.05, 4.69) is 39.5 Å². The summed E-state index contributed by atoms with van der Waals surface area (Å²) in [5, 5.41) is 10.0. The third kappa shape index (κ3) is 3.93. The molecule has 3 saturated heterocycles. The Morgan fingerprint density at radius 1 is 1.33 bits per heavy atom. The number of nitriles is 1. The Morgan fingerprint density at radius 2 is 2.15 bits per heavy atom. The Morgan fingerprint density at radius 3 is 2.82 bits per heavy atom. The molecule has 2 aromatic heterocycles. The molecule has 2 aromatic rings. The molecule has 0 bridgehead atoms. The van der Waals surface area contributed by atoms with Crippen LogP contribution in [0.3, 0.4) is 0 Å². The van der Waals surface area contributed by atoms with E-state index in [0.29, 0.717) is 42.9 Å². The van der Waals surface area contributed by atoms with Gasteiger partial charge in [-0.05, 0) is 38.9 Å². The Labute approximate surface area is 193 Å². The van der Waals surface area contributed by atoms with Crippen molar-refractivity contribution < 1.29 is 9.53 Å². The maximum absolute atomic E-state index is 11.9. The molecule has 3 aliphatic heterocycles. The molecule has 5 rings (SSSR count). The van der Waals surface area contributed by atoms with Gasteiger partial charge in [-0.25, -0.2) is 4.98 Å². The van der Waals surface area contributed by atoms with Gasteiger partial charge in [0.05, 0.1) is 0 Å². The topological polar surface area (TPSA) is 103 Å². The molecule has 1 amide bonds. The lowest BCUT2D eigenvalue weighted by atomic mass is 9.79. The predicted molar refractivity (Wildman–Crippen MR) is 121 cm³/mol. The normalized spacial score (nSPS) is 21.8. The zero-order valence-electron chi connectivity index (χ0n) is 18.9. The van der Waals surface area contributed by atoms with Crippen molar-refractivity contribution in [3.05, 3.63) is 36.9 Å². The lowest BCUT2D eigenvalue weighted by Gasteiger charge is -2.47. The minimum absolute atomic E-state index is 0.0269. The number of likely N-dealkylation sites (N-methyl/N-ethyl adjacent to an activating group) is 1. The molecule has 0 aromatic carbocycles. The number of ether oxygens (including phenoxy) is 1. The van der Waals surface area contributed by atoms with E-state index in [1.807, 2.05) is 4.90 Å². The standard InChI is InChI=1S/C23H28N8O2/c1-3-19(32)31-14-23(15-31)6-9-29(13-23)20-18(11-24)21(30-10-7-25-16-30)27-22(26-20)33-12-17-5-4-8-28(17)2/h3,7,10,16-17H,1,4-6,8-9,12-15H2,2H3. The van der Waals surface area contributed by atoms with Crippen LogP contribution >= 0.6 is 0 Å². The Hall–Kier alpha value is -3.45. The van der Waals surface area contributed by atoms with Gasteiger partial charge >= 0.3 is 6.01 Å². The van der Waals surface area contributed by atoms with Gasteiger partial charge in [0.1, 0.15) is 24.6 Å². The maximum atomic E-state index is 11.9. The molecule has 1 unspecified atom stereocenters. The first-order valence-corrected chi connectivity index (χ1v) is 11.3. The van der Waals surface area contributed by atoms with E-state index >= 15 is 0 Å². The number of hydrogen-bond donors (Lipinski definition) is 0. The van der Waals surface area contributed by atoms with E-state index < -0.39 is 0 Å². The van der Waals surface area contributed by atoms with Gasteiger partial charge in [0.15, 0.2) is 11.6 Å². The van der Waals surface area contributed by atoms with Crippen LogP contribution < -0.4 is 9.64 Å². The van der Waals surface area contributed by atoms with Gasteiger partial charge in [0, 0.05) is 50.0 Å². The van der Waals surface area contributed by atoms with E-state index in [1.54, 1.807) is 23.3 Å². The monoisotopic (exact) mass is 448 g/mol. The molecule has 10 heteroatoms. The second-order valence-corrected chi connectivity index (χ2v) is 9.27. The van der Waals surface area contributed by atoms with E-state index in [4.69, 9.17) is 9.72 Å². The molecule has 172 valence electrons. The van der Waals surface area contributed by atoms with E-state index in [1.165, 1.54) is 6.08 Å². The minimum Gasteiger partial charge on any atom is -0.462 e. The molecule has 3 aliphatic rings. The van der Waals surface area contributed by atoms with E-state index in [-0.39, 0.29) is 17.3 Å². The van der Waals surface area contributed by atoms with Gasteiger partial charge in [0.25, 0.3) is 0 Å². The number of imidazole rings is 1. The fourth-order valence-corrected chi connectivity index (χ4v) is 5.17. The fourth-order valence-electron chi connectivity index (χ4n) is 5.17. The summed E-state index contributed by atoms with van der Waals surface area (Å²) >= 11 is 0. The highest BCUT2D eigenvalue weighted by Crippen LogP contribution is 2.42. The Kier molecular flexibility index (Phi) is 5.50. The summed E-state index contributed by atoms with van der Waals surface area (Å²) in [5.41, 5.74) is 0.424. The van der Waals surface area contributed by atoms with Crippen LogP contribution in [0, 0.1) is 16.7 Å². The van der Waals surface area contributed by atoms with Crippen LogP contribution in [0.4, 0.5) is 5.82 Å². The van der Waals surface area contributed by atoms with Crippen molar-refractivity contribution in [3.8, 4) is 17.9 Å². The molecule has 0 radical (unpaired) electrons. The third-order valence-corrected chi connectivity index (χ3v) is 7.06. The summed E-state index contributed by atoms with van der Waals surface area (Å²) < 4.78 is 7.78. The summed E-state index contributed by atoms with van der Waals surface area (Å²) in [5.74, 6) is 1.01. The van der Waals surface area contributed by atoms with Gasteiger partial charge in [-0.1, -0.05) is 6.58 Å². The largest absolute Gasteiger partial charge is 0.462 e. The van der Waals surface area contributed by atoms with Crippen LogP contribution in [0.5, 0.6) is 6.01 Å². The minimum atomic E-state index is -0.0335. The summed E-state index contributed by atoms with van der Waals surface area (Å²) in [7, 11) is 2.10. The molecule has 3 fully saturated rings. The first-order valence-electron chi connectivity index (χ1n) is 11.3. The van der Waals surface area contributed by atoms with Crippen molar-refractivity contribution in [3.63, 3.8) is 0 Å². The number of aromatic nitrogens is 4. The summed E-state index contributed by atoms with van der Waals surface area (Å²) in [6.07, 6.45) is 9.58. The van der Waals surface area contributed by atoms with Crippen molar-refractivity contribution in [2.24, 2.45) is 5.41 Å². The van der Waals surface area contributed by atoms with Crippen molar-refractivity contribution in [2.75, 3.05) is 51.3 Å². The quantitative estimate of drug-likeness (QED) is 0.608. The van der Waals surface area contributed by atoms with Gasteiger partial charge in [0.2, 0.25) is 5.91 Å². The summed E-state index contributed by atoms with van der Waals surface area (Å²) in [4.78, 5) is 31.5. The molecule has 1 atom stereocenters. The molecule has 10 nitrogen and oxygen atoms in total. The highest BCUT2D eigenvalue weighted by atomic mass is 16.5. The van der Waals surface area contributed by atoms with Gasteiger partial charge < -0.3 is 19.4 Å². The number of nitrogens with zero attached hydrogens (tertiary/aromatic N) is 8. The first-order chi connectivity index (χ1) is 16.0. The maximum Gasteiger partial charge on any atom is 0.320 e. The van der Waals surface area contributed by atoms with Gasteiger partial charge in [-0.2, -0.15) is 15.2 Å². The molecular formula is C23H28N8O2. The van der Waals surface area contributed by atoms with Crippen molar-refractivity contribution >= 4 is 11.7 Å². The predicted octanol–water partition coefficient (Wildman–Crippen LogP) is 1.23. The molecule has 0 saturated carbocycles. The van der Waals surface area contributed by atoms with E-state index in [9.17, 15) is 10.1 Å². The number of amides is 1. The SMILES string of the molecule is C=CC(=O)N1CC2(CCN(c3nc(OCC4CCCN4C)nc(-n4ccnc4)c3C#N)C2)C1. The van der Waals surface area contributed by atoms with Crippen LogP contribution in [-0.2, 0) is 4.79 Å². The summed E-state index contributed by atoms with van der Waals surface area (Å²) in [6.45, 7) is 8.04. The fraction of sp³-hybridized carbons (Fsp3) is 0.522. The average molecular weight is 449 g/mol. The molecule has 1 spiro atoms. The van der Waals surface area contributed by atoms with Crippen LogP contribution in [0.2, 0.25) is 0 Å². The number of likely N-dealkylation sites (tertiary alicyclic amines) is 2. The van der Waals surface area contributed by atoms with Crippen LogP contribution in [0.25, 0.3) is 5.82 Å². The first kappa shape index (κ1) is 21.4. The van der Waals surface area contributed by atoms with Crippen molar-refractivity contribution in [1.29, 1.82) is 5.26 Å². The van der Waals surface area contributed by atoms with Gasteiger partial charge in [-0.15, -0.1) is 0 Å². The summed E-state index contributed by atoms with van der Waals surface area (Å²) in [6, 6.07) is 2.91. The Balaban J connectivity index is 1.42. The number of rotatable bonds is 6. The number of carbonyl (C=O) groups excluding carboxylic acids is 1. The Bertz CT molecular complexity index is 1090. The number of anilines is 1. The second kappa shape index (κ2) is 8.48. The van der Waals surface area contributed by atoms with Crippen LogP contribution in [0.1, 0.15) is 24.8 Å². The van der Waals surface area contributed by atoms with Crippen LogP contribution in [-0.4, -0.2) is 87.6 Å². The lowest BCUT2D eigenvalue weighted by molar-refractivity contribution is -0.136. The average Bonchev–Trinajstić information content (AvgIpc) is 3.56. The molecular weight excluding hydrogens is 420 g/mol. The lowest BCUT2D eigenvalue weighted by Crippen LogP contribution is -2.59. The zero-order valence-corrected chi connectivity index (χ0v) is 18.9. The van der Waals surface area contributed by atoms with E-state index in [0.717, 1.165) is 38.9 Å². The smallest absolute Gasteiger partial charge is 0.320 e. The molecule has 33 heavy (non-hydrogen) atoms. The molecule has 0 N–H and O–H groups in total. The number of carbonyl (C=O) groups is 1. The van der Waals surface area contributed by atoms with Crippen LogP contribution in [0.15, 0.2) is 31.4 Å². The highest BCUT2D eigenvalue weighted by Gasteiger charge is 2.49.